The van der Waals surface area contributed by atoms with Crippen molar-refractivity contribution in [3.05, 3.63) is 41.5 Å². The summed E-state index contributed by atoms with van der Waals surface area (Å²) in [5.41, 5.74) is 2.29. The van der Waals surface area contributed by atoms with Crippen molar-refractivity contribution in [2.75, 3.05) is 7.11 Å². The van der Waals surface area contributed by atoms with Gasteiger partial charge >= 0.3 is 5.97 Å². The van der Waals surface area contributed by atoms with E-state index in [9.17, 15) is 4.79 Å². The molecule has 0 saturated heterocycles. The maximum absolute atomic E-state index is 11.0. The second-order valence-electron chi connectivity index (χ2n) is 4.30. The van der Waals surface area contributed by atoms with Gasteiger partial charge in [0.25, 0.3) is 0 Å². The van der Waals surface area contributed by atoms with Crippen molar-refractivity contribution in [3.8, 4) is 11.4 Å². The van der Waals surface area contributed by atoms with Crippen LogP contribution in [-0.4, -0.2) is 27.7 Å². The van der Waals surface area contributed by atoms with Gasteiger partial charge < -0.3 is 9.84 Å². The molecule has 0 aliphatic rings. The summed E-state index contributed by atoms with van der Waals surface area (Å²) in [7, 11) is 1.60. The number of aromatic nitrogens is 2. The van der Waals surface area contributed by atoms with E-state index in [2.05, 4.69) is 4.98 Å². The number of carboxylic acid groups (broad SMARTS) is 1. The minimum atomic E-state index is -0.868. The smallest absolute Gasteiger partial charge is 0.309 e. The Labute approximate surface area is 111 Å². The van der Waals surface area contributed by atoms with Gasteiger partial charge in [-0.2, -0.15) is 0 Å². The molecule has 0 amide bonds. The van der Waals surface area contributed by atoms with E-state index in [0.29, 0.717) is 5.69 Å². The maximum atomic E-state index is 11.0. The summed E-state index contributed by atoms with van der Waals surface area (Å²) in [5, 5.41) is 9.01. The molecule has 1 heterocycles. The first-order chi connectivity index (χ1) is 9.02. The number of carbonyl (C=O) groups is 1. The second kappa shape index (κ2) is 5.14. The number of rotatable bonds is 4. The molecule has 0 bridgehead atoms. The van der Waals surface area contributed by atoms with Crippen LogP contribution in [-0.2, 0) is 11.2 Å². The Morgan fingerprint density at radius 2 is 2.16 bits per heavy atom. The van der Waals surface area contributed by atoms with Crippen LogP contribution in [0.3, 0.4) is 0 Å². The van der Waals surface area contributed by atoms with Crippen LogP contribution in [0.25, 0.3) is 5.69 Å². The molecule has 5 nitrogen and oxygen atoms in total. The molecule has 5 heteroatoms. The van der Waals surface area contributed by atoms with Gasteiger partial charge in [0.1, 0.15) is 11.6 Å². The minimum absolute atomic E-state index is 0.0517. The summed E-state index contributed by atoms with van der Waals surface area (Å²) in [6.45, 7) is 3.68. The normalized spacial score (nSPS) is 10.5. The zero-order valence-electron chi connectivity index (χ0n) is 11.2. The molecule has 0 saturated carbocycles. The van der Waals surface area contributed by atoms with E-state index < -0.39 is 5.97 Å². The summed E-state index contributed by atoms with van der Waals surface area (Å²) in [5.74, 6) is 0.624. The van der Waals surface area contributed by atoms with Crippen LogP contribution >= 0.6 is 0 Å². The van der Waals surface area contributed by atoms with Crippen molar-refractivity contribution in [1.29, 1.82) is 0 Å². The predicted octanol–water partition coefficient (Wildman–Crippen LogP) is 2.12. The zero-order chi connectivity index (χ0) is 14.0. The molecule has 0 radical (unpaired) electrons. The maximum Gasteiger partial charge on any atom is 0.309 e. The van der Waals surface area contributed by atoms with Gasteiger partial charge in [-0.15, -0.1) is 0 Å². The number of ether oxygens (including phenoxy) is 1. The van der Waals surface area contributed by atoms with Gasteiger partial charge in [0, 0.05) is 6.07 Å². The highest BCUT2D eigenvalue weighted by Gasteiger charge is 2.16. The number of benzene rings is 1. The van der Waals surface area contributed by atoms with E-state index in [0.717, 1.165) is 23.0 Å². The molecule has 2 aromatic rings. The van der Waals surface area contributed by atoms with Crippen molar-refractivity contribution < 1.29 is 14.6 Å². The van der Waals surface area contributed by atoms with Crippen LogP contribution < -0.4 is 4.74 Å². The van der Waals surface area contributed by atoms with Crippen LogP contribution in [0.2, 0.25) is 0 Å². The molecule has 2 rings (SSSR count). The lowest BCUT2D eigenvalue weighted by Crippen LogP contribution is -2.09. The first kappa shape index (κ1) is 13.1. The summed E-state index contributed by atoms with van der Waals surface area (Å²) >= 11 is 0. The van der Waals surface area contributed by atoms with E-state index >= 15 is 0 Å². The van der Waals surface area contributed by atoms with Gasteiger partial charge in [-0.05, 0) is 26.0 Å². The Kier molecular flexibility index (Phi) is 3.55. The Morgan fingerprint density at radius 3 is 2.79 bits per heavy atom. The highest BCUT2D eigenvalue weighted by molar-refractivity contribution is 5.70. The Morgan fingerprint density at radius 1 is 1.42 bits per heavy atom. The average Bonchev–Trinajstić information content (AvgIpc) is 2.63. The predicted molar refractivity (Wildman–Crippen MR) is 70.9 cm³/mol. The average molecular weight is 260 g/mol. The summed E-state index contributed by atoms with van der Waals surface area (Å²) in [6.07, 6.45) is -0.0517. The van der Waals surface area contributed by atoms with Crippen molar-refractivity contribution in [2.45, 2.75) is 20.3 Å². The monoisotopic (exact) mass is 260 g/mol. The third kappa shape index (κ3) is 2.59. The van der Waals surface area contributed by atoms with Gasteiger partial charge in [0.2, 0.25) is 0 Å². The number of hydrogen-bond donors (Lipinski definition) is 1. The molecule has 0 aliphatic heterocycles. The molecule has 1 N–H and O–H groups in total. The van der Waals surface area contributed by atoms with Gasteiger partial charge in [0.15, 0.2) is 0 Å². The summed E-state index contributed by atoms with van der Waals surface area (Å²) in [4.78, 5) is 15.3. The van der Waals surface area contributed by atoms with E-state index in [1.807, 2.05) is 42.7 Å². The number of nitrogens with zero attached hydrogens (tertiary/aromatic N) is 2. The van der Waals surface area contributed by atoms with Crippen molar-refractivity contribution in [1.82, 2.24) is 9.55 Å². The number of imidazole rings is 1. The first-order valence-electron chi connectivity index (χ1n) is 5.94. The molecule has 0 atom stereocenters. The van der Waals surface area contributed by atoms with Crippen LogP contribution in [0.5, 0.6) is 5.75 Å². The summed E-state index contributed by atoms with van der Waals surface area (Å²) < 4.78 is 7.05. The third-order valence-electron chi connectivity index (χ3n) is 2.97. The molecular formula is C14H16N2O3. The van der Waals surface area contributed by atoms with E-state index in [1.54, 1.807) is 7.11 Å². The fourth-order valence-corrected chi connectivity index (χ4v) is 2.16. The van der Waals surface area contributed by atoms with Gasteiger partial charge in [0.05, 0.1) is 30.6 Å². The molecule has 19 heavy (non-hydrogen) atoms. The fourth-order valence-electron chi connectivity index (χ4n) is 2.16. The third-order valence-corrected chi connectivity index (χ3v) is 2.97. The fraction of sp³-hybridized carbons (Fsp3) is 0.286. The standard InChI is InChI=1S/C14H16N2O3/c1-9-13(8-14(17)18)16(10(2)15-9)11-5-4-6-12(7-11)19-3/h4-7H,8H2,1-3H3,(H,17,18). The number of aryl methyl sites for hydroxylation is 2. The number of methoxy groups -OCH3 is 1. The largest absolute Gasteiger partial charge is 0.497 e. The number of carboxylic acids is 1. The second-order valence-corrected chi connectivity index (χ2v) is 4.30. The number of hydrogen-bond acceptors (Lipinski definition) is 3. The summed E-state index contributed by atoms with van der Waals surface area (Å²) in [6, 6.07) is 7.48. The van der Waals surface area contributed by atoms with Crippen LogP contribution in [0.4, 0.5) is 0 Å². The molecule has 1 aromatic heterocycles. The van der Waals surface area contributed by atoms with Crippen LogP contribution in [0.1, 0.15) is 17.2 Å². The van der Waals surface area contributed by atoms with Crippen molar-refractivity contribution >= 4 is 5.97 Å². The van der Waals surface area contributed by atoms with Crippen molar-refractivity contribution in [2.24, 2.45) is 0 Å². The minimum Gasteiger partial charge on any atom is -0.497 e. The molecule has 100 valence electrons. The van der Waals surface area contributed by atoms with Crippen LogP contribution in [0.15, 0.2) is 24.3 Å². The van der Waals surface area contributed by atoms with Crippen molar-refractivity contribution in [3.63, 3.8) is 0 Å². The number of aliphatic carboxylic acids is 1. The Hall–Kier alpha value is -2.30. The lowest BCUT2D eigenvalue weighted by molar-refractivity contribution is -0.136. The van der Waals surface area contributed by atoms with E-state index in [4.69, 9.17) is 9.84 Å². The molecule has 0 fully saturated rings. The zero-order valence-corrected chi connectivity index (χ0v) is 11.2. The molecule has 1 aromatic carbocycles. The van der Waals surface area contributed by atoms with Crippen LogP contribution in [0, 0.1) is 13.8 Å². The van der Waals surface area contributed by atoms with E-state index in [-0.39, 0.29) is 6.42 Å². The molecule has 0 aliphatic carbocycles. The van der Waals surface area contributed by atoms with Gasteiger partial charge in [-0.1, -0.05) is 6.07 Å². The van der Waals surface area contributed by atoms with E-state index in [1.165, 1.54) is 0 Å². The van der Waals surface area contributed by atoms with Gasteiger partial charge in [-0.3, -0.25) is 9.36 Å². The molecular weight excluding hydrogens is 244 g/mol. The Bertz CT molecular complexity index is 617. The highest BCUT2D eigenvalue weighted by Crippen LogP contribution is 2.22. The molecule has 0 spiro atoms. The molecule has 0 unspecified atom stereocenters. The van der Waals surface area contributed by atoms with Gasteiger partial charge in [-0.25, -0.2) is 4.98 Å². The Balaban J connectivity index is 2.56. The SMILES string of the molecule is COc1cccc(-n2c(C)nc(C)c2CC(=O)O)c1. The lowest BCUT2D eigenvalue weighted by atomic mass is 10.2. The lowest BCUT2D eigenvalue weighted by Gasteiger charge is -2.11. The highest BCUT2D eigenvalue weighted by atomic mass is 16.5. The first-order valence-corrected chi connectivity index (χ1v) is 5.94. The quantitative estimate of drug-likeness (QED) is 0.914. The topological polar surface area (TPSA) is 64.4 Å².